The second-order valence-electron chi connectivity index (χ2n) is 7.74. The third-order valence-electron chi connectivity index (χ3n) is 5.85. The van der Waals surface area contributed by atoms with Crippen LogP contribution in [0.2, 0.25) is 0 Å². The summed E-state index contributed by atoms with van der Waals surface area (Å²) >= 11 is 0. The highest BCUT2D eigenvalue weighted by molar-refractivity contribution is 5.78. The molecule has 0 radical (unpaired) electrons. The van der Waals surface area contributed by atoms with E-state index >= 15 is 0 Å². The van der Waals surface area contributed by atoms with Crippen molar-refractivity contribution < 1.29 is 9.84 Å². The molecule has 150 valence electrons. The second-order valence-corrected chi connectivity index (χ2v) is 7.74. The Labute approximate surface area is 173 Å². The molecule has 0 amide bonds. The van der Waals surface area contributed by atoms with Gasteiger partial charge in [-0.25, -0.2) is 0 Å². The molecular weight excluding hydrogens is 358 g/mol. The van der Waals surface area contributed by atoms with Crippen molar-refractivity contribution in [2.24, 2.45) is 0 Å². The molecule has 0 saturated heterocycles. The summed E-state index contributed by atoms with van der Waals surface area (Å²) in [5, 5.41) is 12.1. The molecule has 3 nitrogen and oxygen atoms in total. The molecule has 3 aromatic carbocycles. The summed E-state index contributed by atoms with van der Waals surface area (Å²) < 4.78 is 5.89. The Balaban J connectivity index is 1.67. The van der Waals surface area contributed by atoms with E-state index in [9.17, 15) is 5.11 Å². The first-order valence-electron chi connectivity index (χ1n) is 10.5. The average Bonchev–Trinajstić information content (AvgIpc) is 2.78. The highest BCUT2D eigenvalue weighted by Gasteiger charge is 2.42. The molecule has 0 aromatic heterocycles. The lowest BCUT2D eigenvalue weighted by Crippen LogP contribution is -2.36. The Bertz CT molecular complexity index is 917. The fraction of sp³-hybridized carbons (Fsp3) is 0.308. The largest absolute Gasteiger partial charge is 0.494 e. The SMILES string of the molecule is CCCCCCOc1ccc(C2(O)c3ccccc3N(C)c3ccccc32)cc1. The van der Waals surface area contributed by atoms with Gasteiger partial charge >= 0.3 is 0 Å². The van der Waals surface area contributed by atoms with Crippen LogP contribution in [0, 0.1) is 0 Å². The lowest BCUT2D eigenvalue weighted by Gasteiger charge is -2.41. The number of unbranched alkanes of at least 4 members (excludes halogenated alkanes) is 3. The first kappa shape index (κ1) is 19.5. The van der Waals surface area contributed by atoms with Crippen LogP contribution in [-0.2, 0) is 5.60 Å². The van der Waals surface area contributed by atoms with Crippen LogP contribution in [0.25, 0.3) is 0 Å². The van der Waals surface area contributed by atoms with Gasteiger partial charge in [0.05, 0.1) is 6.61 Å². The van der Waals surface area contributed by atoms with E-state index in [1.165, 1.54) is 19.3 Å². The Morgan fingerprint density at radius 1 is 0.793 bits per heavy atom. The second kappa shape index (κ2) is 8.30. The van der Waals surface area contributed by atoms with Crippen molar-refractivity contribution in [3.05, 3.63) is 89.5 Å². The maximum Gasteiger partial charge on any atom is 0.144 e. The van der Waals surface area contributed by atoms with Gasteiger partial charge in [-0.3, -0.25) is 0 Å². The number of hydrogen-bond donors (Lipinski definition) is 1. The van der Waals surface area contributed by atoms with Gasteiger partial charge in [0.15, 0.2) is 0 Å². The third-order valence-corrected chi connectivity index (χ3v) is 5.85. The molecule has 1 aliphatic heterocycles. The quantitative estimate of drug-likeness (QED) is 0.504. The summed E-state index contributed by atoms with van der Waals surface area (Å²) in [6, 6.07) is 24.1. The van der Waals surface area contributed by atoms with E-state index in [0.29, 0.717) is 0 Å². The molecule has 0 spiro atoms. The smallest absolute Gasteiger partial charge is 0.144 e. The molecule has 0 atom stereocenters. The highest BCUT2D eigenvalue weighted by Crippen LogP contribution is 2.50. The van der Waals surface area contributed by atoms with Crippen LogP contribution in [0.3, 0.4) is 0 Å². The molecule has 0 saturated carbocycles. The van der Waals surface area contributed by atoms with Gasteiger partial charge < -0.3 is 14.7 Å². The van der Waals surface area contributed by atoms with Crippen molar-refractivity contribution in [1.29, 1.82) is 0 Å². The lowest BCUT2D eigenvalue weighted by atomic mass is 9.76. The van der Waals surface area contributed by atoms with Crippen LogP contribution in [-0.4, -0.2) is 18.8 Å². The highest BCUT2D eigenvalue weighted by atomic mass is 16.5. The van der Waals surface area contributed by atoms with Gasteiger partial charge in [-0.1, -0.05) is 74.7 Å². The monoisotopic (exact) mass is 387 g/mol. The maximum absolute atomic E-state index is 12.1. The molecule has 29 heavy (non-hydrogen) atoms. The number of nitrogens with zero attached hydrogens (tertiary/aromatic N) is 1. The van der Waals surface area contributed by atoms with Crippen LogP contribution in [0.4, 0.5) is 11.4 Å². The summed E-state index contributed by atoms with van der Waals surface area (Å²) in [4.78, 5) is 2.15. The van der Waals surface area contributed by atoms with Crippen LogP contribution in [0.15, 0.2) is 72.8 Å². The molecule has 4 rings (SSSR count). The van der Waals surface area contributed by atoms with Crippen molar-refractivity contribution in [1.82, 2.24) is 0 Å². The van der Waals surface area contributed by atoms with Gasteiger partial charge in [0.1, 0.15) is 11.4 Å². The predicted molar refractivity (Wildman–Crippen MR) is 119 cm³/mol. The van der Waals surface area contributed by atoms with E-state index in [1.54, 1.807) is 0 Å². The molecule has 0 fully saturated rings. The Hall–Kier alpha value is -2.78. The van der Waals surface area contributed by atoms with Crippen molar-refractivity contribution in [3.63, 3.8) is 0 Å². The number of fused-ring (bicyclic) bond motifs is 2. The molecule has 3 aromatic rings. The predicted octanol–water partition coefficient (Wildman–Crippen LogP) is 6.01. The van der Waals surface area contributed by atoms with Crippen LogP contribution >= 0.6 is 0 Å². The first-order valence-corrected chi connectivity index (χ1v) is 10.5. The van der Waals surface area contributed by atoms with Gasteiger partial charge in [-0.15, -0.1) is 0 Å². The summed E-state index contributed by atoms with van der Waals surface area (Å²) in [7, 11) is 2.05. The van der Waals surface area contributed by atoms with Crippen LogP contribution in [0.1, 0.15) is 49.3 Å². The van der Waals surface area contributed by atoms with Gasteiger partial charge in [0, 0.05) is 29.5 Å². The van der Waals surface area contributed by atoms with Crippen molar-refractivity contribution in [3.8, 4) is 5.75 Å². The molecular formula is C26H29NO2. The van der Waals surface area contributed by atoms with Gasteiger partial charge in [0.25, 0.3) is 0 Å². The van der Waals surface area contributed by atoms with Crippen molar-refractivity contribution in [2.45, 2.75) is 38.2 Å². The number of aliphatic hydroxyl groups is 1. The minimum atomic E-state index is -1.20. The number of hydrogen-bond acceptors (Lipinski definition) is 3. The molecule has 0 unspecified atom stereocenters. The lowest BCUT2D eigenvalue weighted by molar-refractivity contribution is 0.125. The van der Waals surface area contributed by atoms with E-state index < -0.39 is 5.60 Å². The van der Waals surface area contributed by atoms with Crippen LogP contribution < -0.4 is 9.64 Å². The maximum atomic E-state index is 12.1. The number of ether oxygens (including phenoxy) is 1. The van der Waals surface area contributed by atoms with Gasteiger partial charge in [0.2, 0.25) is 0 Å². The van der Waals surface area contributed by atoms with E-state index in [-0.39, 0.29) is 0 Å². The van der Waals surface area contributed by atoms with Gasteiger partial charge in [-0.2, -0.15) is 0 Å². The summed E-state index contributed by atoms with van der Waals surface area (Å²) in [6.45, 7) is 2.95. The summed E-state index contributed by atoms with van der Waals surface area (Å²) in [5.74, 6) is 0.850. The summed E-state index contributed by atoms with van der Waals surface area (Å²) in [5.41, 5.74) is 3.49. The van der Waals surface area contributed by atoms with Gasteiger partial charge in [-0.05, 0) is 36.2 Å². The molecule has 0 bridgehead atoms. The van der Waals surface area contributed by atoms with E-state index in [1.807, 2.05) is 67.7 Å². The van der Waals surface area contributed by atoms with Crippen LogP contribution in [0.5, 0.6) is 5.75 Å². The minimum absolute atomic E-state index is 0.736. The van der Waals surface area contributed by atoms with E-state index in [4.69, 9.17) is 4.74 Å². The topological polar surface area (TPSA) is 32.7 Å². The zero-order valence-corrected chi connectivity index (χ0v) is 17.3. The Morgan fingerprint density at radius 3 is 1.97 bits per heavy atom. The number of benzene rings is 3. The first-order chi connectivity index (χ1) is 14.2. The molecule has 1 heterocycles. The Kier molecular flexibility index (Phi) is 5.59. The minimum Gasteiger partial charge on any atom is -0.494 e. The number of rotatable bonds is 7. The molecule has 0 aliphatic carbocycles. The third kappa shape index (κ3) is 3.51. The fourth-order valence-electron chi connectivity index (χ4n) is 4.24. The van der Waals surface area contributed by atoms with Crippen molar-refractivity contribution >= 4 is 11.4 Å². The average molecular weight is 388 g/mol. The Morgan fingerprint density at radius 2 is 1.38 bits per heavy atom. The standard InChI is InChI=1S/C26H29NO2/c1-3-4-5-10-19-29-21-17-15-20(16-18-21)26(28)22-11-6-8-13-24(22)27(2)25-14-9-7-12-23(25)26/h6-9,11-18,28H,3-5,10,19H2,1-2H3. The zero-order valence-electron chi connectivity index (χ0n) is 17.3. The van der Waals surface area contributed by atoms with E-state index in [2.05, 4.69) is 24.0 Å². The van der Waals surface area contributed by atoms with Crippen molar-refractivity contribution in [2.75, 3.05) is 18.6 Å². The number of anilines is 2. The normalized spacial score (nSPS) is 14.2. The molecule has 3 heteroatoms. The summed E-state index contributed by atoms with van der Waals surface area (Å²) in [6.07, 6.45) is 4.76. The molecule has 1 aliphatic rings. The fourth-order valence-corrected chi connectivity index (χ4v) is 4.24. The number of para-hydroxylation sites is 2. The van der Waals surface area contributed by atoms with E-state index in [0.717, 1.165) is 46.8 Å². The zero-order chi connectivity index (χ0) is 20.3. The molecule has 1 N–H and O–H groups in total.